The number of para-hydroxylation sites is 2. The molecule has 3 heterocycles. The van der Waals surface area contributed by atoms with Gasteiger partial charge in [0.1, 0.15) is 6.61 Å². The van der Waals surface area contributed by atoms with Crippen LogP contribution in [0.15, 0.2) is 47.5 Å². The van der Waals surface area contributed by atoms with Crippen LogP contribution < -0.4 is 15.0 Å². The minimum absolute atomic E-state index is 0.231. The van der Waals surface area contributed by atoms with Gasteiger partial charge >= 0.3 is 12.1 Å². The van der Waals surface area contributed by atoms with E-state index in [4.69, 9.17) is 19.4 Å². The molecular formula is C17H12F3N3O5. The van der Waals surface area contributed by atoms with Crippen molar-refractivity contribution in [1.29, 1.82) is 0 Å². The molecule has 146 valence electrons. The van der Waals surface area contributed by atoms with E-state index in [2.05, 4.69) is 15.0 Å². The molecule has 1 aliphatic rings. The number of aromatic amines is 1. The number of hydrogen-bond donors (Lipinski definition) is 2. The Balaban J connectivity index is 0.000000279. The van der Waals surface area contributed by atoms with Crippen LogP contribution in [0.4, 0.5) is 13.2 Å². The normalized spacial score (nSPS) is 15.5. The number of rotatable bonds is 1. The highest BCUT2D eigenvalue weighted by Crippen LogP contribution is 2.34. The Kier molecular flexibility index (Phi) is 5.16. The predicted molar refractivity (Wildman–Crippen MR) is 89.2 cm³/mol. The summed E-state index contributed by atoms with van der Waals surface area (Å²) >= 11 is 0. The molecule has 0 saturated carbocycles. The van der Waals surface area contributed by atoms with Crippen molar-refractivity contribution in [2.75, 3.05) is 6.61 Å². The summed E-state index contributed by atoms with van der Waals surface area (Å²) in [5.74, 6) is -0.965. The zero-order valence-electron chi connectivity index (χ0n) is 13.9. The van der Waals surface area contributed by atoms with Crippen LogP contribution in [0.1, 0.15) is 11.9 Å². The van der Waals surface area contributed by atoms with Crippen molar-refractivity contribution in [3.05, 3.63) is 58.9 Å². The van der Waals surface area contributed by atoms with Crippen LogP contribution in [0.3, 0.4) is 0 Å². The van der Waals surface area contributed by atoms with E-state index >= 15 is 0 Å². The highest BCUT2D eigenvalue weighted by atomic mass is 19.4. The minimum Gasteiger partial charge on any atom is -0.485 e. The summed E-state index contributed by atoms with van der Waals surface area (Å²) < 4.78 is 43.2. The third kappa shape index (κ3) is 4.19. The van der Waals surface area contributed by atoms with Crippen LogP contribution in [0.2, 0.25) is 0 Å². The van der Waals surface area contributed by atoms with E-state index in [1.54, 1.807) is 12.3 Å². The fourth-order valence-electron chi connectivity index (χ4n) is 2.31. The van der Waals surface area contributed by atoms with E-state index < -0.39 is 18.2 Å². The maximum Gasteiger partial charge on any atom is 0.490 e. The molecule has 8 nitrogen and oxygen atoms in total. The average molecular weight is 395 g/mol. The molecule has 0 aliphatic carbocycles. The topological polar surface area (TPSA) is 114 Å². The second kappa shape index (κ2) is 7.55. The number of fused-ring (bicyclic) bond motifs is 2. The number of nitrogens with zero attached hydrogens (tertiary/aromatic N) is 2. The van der Waals surface area contributed by atoms with Crippen molar-refractivity contribution < 1.29 is 32.5 Å². The number of alkyl halides is 3. The van der Waals surface area contributed by atoms with Gasteiger partial charge in [-0.15, -0.1) is 0 Å². The number of nitrogens with one attached hydrogen (secondary N) is 1. The van der Waals surface area contributed by atoms with Crippen molar-refractivity contribution in [3.8, 4) is 11.5 Å². The van der Waals surface area contributed by atoms with Crippen LogP contribution in [0.25, 0.3) is 10.9 Å². The summed E-state index contributed by atoms with van der Waals surface area (Å²) in [4.78, 5) is 32.1. The van der Waals surface area contributed by atoms with Gasteiger partial charge in [-0.1, -0.05) is 12.1 Å². The number of carbonyl (C=O) groups is 1. The summed E-state index contributed by atoms with van der Waals surface area (Å²) in [5, 5.41) is 7.58. The van der Waals surface area contributed by atoms with Gasteiger partial charge in [-0.05, 0) is 18.2 Å². The first-order valence-electron chi connectivity index (χ1n) is 7.78. The van der Waals surface area contributed by atoms with E-state index in [1.165, 1.54) is 6.20 Å². The van der Waals surface area contributed by atoms with Crippen LogP contribution in [-0.4, -0.2) is 38.8 Å². The van der Waals surface area contributed by atoms with Gasteiger partial charge in [-0.3, -0.25) is 9.78 Å². The zero-order chi connectivity index (χ0) is 20.3. The number of hydrogen-bond acceptors (Lipinski definition) is 6. The molecule has 0 bridgehead atoms. The molecule has 1 aromatic carbocycles. The second-order valence-electron chi connectivity index (χ2n) is 5.51. The molecule has 0 amide bonds. The maximum absolute atomic E-state index is 12.1. The molecule has 28 heavy (non-hydrogen) atoms. The molecule has 0 radical (unpaired) electrons. The number of pyridine rings is 1. The Morgan fingerprint density at radius 2 is 1.89 bits per heavy atom. The molecule has 1 unspecified atom stereocenters. The lowest BCUT2D eigenvalue weighted by atomic mass is 10.2. The van der Waals surface area contributed by atoms with Gasteiger partial charge in [0.15, 0.2) is 23.4 Å². The van der Waals surface area contributed by atoms with Crippen molar-refractivity contribution in [2.45, 2.75) is 12.3 Å². The standard InChI is InChI=1S/C15H11N3O3.C2HF3O2/c19-15-9-7-16-6-5-10(9)17-14(18-15)13-8-20-11-3-1-2-4-12(11)21-13;3-2(4,5)1(6)7/h1-7,13H,8H2,(H,17,18,19);(H,6,7). The van der Waals surface area contributed by atoms with E-state index in [9.17, 15) is 18.0 Å². The number of benzene rings is 1. The minimum atomic E-state index is -5.08. The summed E-state index contributed by atoms with van der Waals surface area (Å²) in [6, 6.07) is 9.11. The van der Waals surface area contributed by atoms with E-state index in [0.717, 1.165) is 0 Å². The first kappa shape index (κ1) is 19.1. The molecule has 0 fully saturated rings. The van der Waals surface area contributed by atoms with Crippen molar-refractivity contribution >= 4 is 16.9 Å². The average Bonchev–Trinajstić information content (AvgIpc) is 2.67. The molecule has 3 aromatic rings. The molecule has 1 atom stereocenters. The fourth-order valence-corrected chi connectivity index (χ4v) is 2.31. The molecule has 0 spiro atoms. The maximum atomic E-state index is 12.1. The number of aliphatic carboxylic acids is 1. The second-order valence-corrected chi connectivity index (χ2v) is 5.51. The Bertz CT molecular complexity index is 1070. The van der Waals surface area contributed by atoms with Crippen LogP contribution >= 0.6 is 0 Å². The van der Waals surface area contributed by atoms with E-state index in [-0.39, 0.29) is 5.56 Å². The number of aromatic nitrogens is 3. The number of ether oxygens (including phenoxy) is 2. The highest BCUT2D eigenvalue weighted by Gasteiger charge is 2.38. The molecule has 4 rings (SSSR count). The summed E-state index contributed by atoms with van der Waals surface area (Å²) in [6.07, 6.45) is -2.42. The number of carboxylic acid groups (broad SMARTS) is 1. The number of carboxylic acids is 1. The van der Waals surface area contributed by atoms with E-state index in [1.807, 2.05) is 24.3 Å². The fraction of sp³-hybridized carbons (Fsp3) is 0.176. The van der Waals surface area contributed by atoms with Crippen LogP contribution in [0, 0.1) is 0 Å². The Hall–Kier alpha value is -3.63. The van der Waals surface area contributed by atoms with Gasteiger partial charge in [0.05, 0.1) is 10.9 Å². The van der Waals surface area contributed by atoms with E-state index in [0.29, 0.717) is 34.8 Å². The van der Waals surface area contributed by atoms with Gasteiger partial charge in [-0.25, -0.2) is 9.78 Å². The van der Waals surface area contributed by atoms with Crippen molar-refractivity contribution in [2.24, 2.45) is 0 Å². The largest absolute Gasteiger partial charge is 0.490 e. The van der Waals surface area contributed by atoms with Crippen molar-refractivity contribution in [3.63, 3.8) is 0 Å². The third-order valence-electron chi connectivity index (χ3n) is 3.58. The van der Waals surface area contributed by atoms with Gasteiger partial charge < -0.3 is 19.6 Å². The highest BCUT2D eigenvalue weighted by molar-refractivity contribution is 5.76. The lowest BCUT2D eigenvalue weighted by Gasteiger charge is -2.25. The molecule has 11 heteroatoms. The summed E-state index contributed by atoms with van der Waals surface area (Å²) in [7, 11) is 0. The van der Waals surface area contributed by atoms with Gasteiger partial charge in [0.2, 0.25) is 0 Å². The lowest BCUT2D eigenvalue weighted by molar-refractivity contribution is -0.192. The van der Waals surface area contributed by atoms with Crippen LogP contribution in [0.5, 0.6) is 11.5 Å². The quantitative estimate of drug-likeness (QED) is 0.650. The molecule has 2 N–H and O–H groups in total. The molecule has 0 saturated heterocycles. The first-order valence-corrected chi connectivity index (χ1v) is 7.78. The molecule has 2 aromatic heterocycles. The molecular weight excluding hydrogens is 383 g/mol. The van der Waals surface area contributed by atoms with Crippen LogP contribution in [-0.2, 0) is 4.79 Å². The predicted octanol–water partition coefficient (Wildman–Crippen LogP) is 2.46. The SMILES string of the molecule is O=C(O)C(F)(F)F.O=c1[nH]c(C2COc3ccccc3O2)nc2ccncc12. The molecule has 1 aliphatic heterocycles. The Morgan fingerprint density at radius 1 is 1.21 bits per heavy atom. The third-order valence-corrected chi connectivity index (χ3v) is 3.58. The van der Waals surface area contributed by atoms with Gasteiger partial charge in [0, 0.05) is 12.4 Å². The number of H-pyrrole nitrogens is 1. The van der Waals surface area contributed by atoms with Crippen molar-refractivity contribution in [1.82, 2.24) is 15.0 Å². The summed E-state index contributed by atoms with van der Waals surface area (Å²) in [5.41, 5.74) is 0.358. The first-order chi connectivity index (χ1) is 13.3. The zero-order valence-corrected chi connectivity index (χ0v) is 13.9. The van der Waals surface area contributed by atoms with Gasteiger partial charge in [-0.2, -0.15) is 13.2 Å². The monoisotopic (exact) mass is 395 g/mol. The number of halogens is 3. The summed E-state index contributed by atoms with van der Waals surface area (Å²) in [6.45, 7) is 0.302. The Morgan fingerprint density at radius 3 is 2.57 bits per heavy atom. The van der Waals surface area contributed by atoms with Gasteiger partial charge in [0.25, 0.3) is 5.56 Å². The smallest absolute Gasteiger partial charge is 0.485 e. The lowest BCUT2D eigenvalue weighted by Crippen LogP contribution is -2.26. The Labute approximate surface area is 154 Å².